The van der Waals surface area contributed by atoms with Gasteiger partial charge in [0.05, 0.1) is 0 Å². The zero-order valence-electron chi connectivity index (χ0n) is 14.3. The van der Waals surface area contributed by atoms with Gasteiger partial charge in [0.2, 0.25) is 12.7 Å². The topological polar surface area (TPSA) is 76.7 Å². The summed E-state index contributed by atoms with van der Waals surface area (Å²) in [5.74, 6) is 1.27. The van der Waals surface area contributed by atoms with Crippen LogP contribution in [0.25, 0.3) is 0 Å². The maximum absolute atomic E-state index is 12.2. The van der Waals surface area contributed by atoms with Gasteiger partial charge in [0, 0.05) is 23.7 Å². The number of amides is 2. The van der Waals surface area contributed by atoms with E-state index in [1.54, 1.807) is 24.3 Å². The number of carbonyl (C=O) groups excluding carboxylic acids is 2. The molecule has 1 heterocycles. The first kappa shape index (κ1) is 16.4. The summed E-state index contributed by atoms with van der Waals surface area (Å²) in [4.78, 5) is 24.3. The number of nitrogens with one attached hydrogen (secondary N) is 2. The number of hydrogen-bond acceptors (Lipinski definition) is 4. The monoisotopic (exact) mass is 352 g/mol. The lowest BCUT2D eigenvalue weighted by molar-refractivity contribution is -0.116. The highest BCUT2D eigenvalue weighted by atomic mass is 16.7. The van der Waals surface area contributed by atoms with Crippen LogP contribution in [0, 0.1) is 0 Å². The molecule has 0 spiro atoms. The van der Waals surface area contributed by atoms with Gasteiger partial charge in [-0.3, -0.25) is 9.59 Å². The average molecular weight is 352 g/mol. The van der Waals surface area contributed by atoms with Crippen LogP contribution in [0.3, 0.4) is 0 Å². The molecule has 26 heavy (non-hydrogen) atoms. The van der Waals surface area contributed by atoms with Crippen molar-refractivity contribution in [2.24, 2.45) is 0 Å². The molecule has 6 nitrogen and oxygen atoms in total. The van der Waals surface area contributed by atoms with Gasteiger partial charge in [-0.1, -0.05) is 12.1 Å². The third-order valence-corrected chi connectivity index (χ3v) is 4.40. The standard InChI is InChI=1S/C20H20N2O4/c23-19(9-5-13-4-8-17-18(10-13)26-12-25-17)21-16-3-1-2-14(11-16)20(24)22-15-6-7-15/h1-4,8,10-11,15H,5-7,9,12H2,(H,21,23)(H,22,24). The van der Waals surface area contributed by atoms with Crippen LogP contribution in [0.5, 0.6) is 11.5 Å². The molecule has 0 unspecified atom stereocenters. The van der Waals surface area contributed by atoms with Gasteiger partial charge in [0.1, 0.15) is 0 Å². The van der Waals surface area contributed by atoms with Crippen molar-refractivity contribution in [2.75, 3.05) is 12.1 Å². The number of fused-ring (bicyclic) bond motifs is 1. The van der Waals surface area contributed by atoms with E-state index in [1.807, 2.05) is 18.2 Å². The first-order chi connectivity index (χ1) is 12.7. The maximum Gasteiger partial charge on any atom is 0.251 e. The highest BCUT2D eigenvalue weighted by molar-refractivity contribution is 5.97. The second kappa shape index (κ2) is 7.07. The first-order valence-electron chi connectivity index (χ1n) is 8.77. The fourth-order valence-corrected chi connectivity index (χ4v) is 2.81. The van der Waals surface area contributed by atoms with Gasteiger partial charge < -0.3 is 20.1 Å². The van der Waals surface area contributed by atoms with Crippen molar-refractivity contribution < 1.29 is 19.1 Å². The van der Waals surface area contributed by atoms with E-state index in [0.29, 0.717) is 30.1 Å². The second-order valence-electron chi connectivity index (χ2n) is 6.56. The smallest absolute Gasteiger partial charge is 0.251 e. The van der Waals surface area contributed by atoms with E-state index in [2.05, 4.69) is 10.6 Å². The molecule has 2 aliphatic rings. The molecule has 2 aromatic carbocycles. The number of carbonyl (C=O) groups is 2. The van der Waals surface area contributed by atoms with Crippen LogP contribution in [-0.2, 0) is 11.2 Å². The number of ether oxygens (including phenoxy) is 2. The molecular formula is C20H20N2O4. The van der Waals surface area contributed by atoms with Gasteiger partial charge >= 0.3 is 0 Å². The van der Waals surface area contributed by atoms with Crippen LogP contribution in [0.2, 0.25) is 0 Å². The third-order valence-electron chi connectivity index (χ3n) is 4.40. The Morgan fingerprint density at radius 3 is 2.73 bits per heavy atom. The molecular weight excluding hydrogens is 332 g/mol. The molecule has 1 fully saturated rings. The van der Waals surface area contributed by atoms with Crippen molar-refractivity contribution >= 4 is 17.5 Å². The molecule has 1 aliphatic carbocycles. The zero-order chi connectivity index (χ0) is 17.9. The third kappa shape index (κ3) is 3.96. The lowest BCUT2D eigenvalue weighted by Gasteiger charge is -2.08. The van der Waals surface area contributed by atoms with Crippen LogP contribution in [0.15, 0.2) is 42.5 Å². The number of aryl methyl sites for hydroxylation is 1. The lowest BCUT2D eigenvalue weighted by Crippen LogP contribution is -2.25. The van der Waals surface area contributed by atoms with E-state index in [9.17, 15) is 9.59 Å². The quantitative estimate of drug-likeness (QED) is 0.838. The van der Waals surface area contributed by atoms with Crippen molar-refractivity contribution in [1.82, 2.24) is 5.32 Å². The molecule has 0 atom stereocenters. The summed E-state index contributed by atoms with van der Waals surface area (Å²) in [6.45, 7) is 0.240. The summed E-state index contributed by atoms with van der Waals surface area (Å²) in [5.41, 5.74) is 2.21. The Bertz CT molecular complexity index is 845. The van der Waals surface area contributed by atoms with Crippen LogP contribution < -0.4 is 20.1 Å². The highest BCUT2D eigenvalue weighted by Gasteiger charge is 2.23. The summed E-state index contributed by atoms with van der Waals surface area (Å²) in [5, 5.41) is 5.80. The Morgan fingerprint density at radius 1 is 1.04 bits per heavy atom. The predicted octanol–water partition coefficient (Wildman–Crippen LogP) is 2.88. The van der Waals surface area contributed by atoms with Crippen molar-refractivity contribution in [2.45, 2.75) is 31.7 Å². The fraction of sp³-hybridized carbons (Fsp3) is 0.300. The summed E-state index contributed by atoms with van der Waals surface area (Å²) in [6, 6.07) is 13.0. The summed E-state index contributed by atoms with van der Waals surface area (Å²) < 4.78 is 10.6. The van der Waals surface area contributed by atoms with Gasteiger partial charge in [-0.15, -0.1) is 0 Å². The minimum absolute atomic E-state index is 0.0936. The van der Waals surface area contributed by atoms with Gasteiger partial charge in [0.25, 0.3) is 5.91 Å². The Balaban J connectivity index is 1.32. The van der Waals surface area contributed by atoms with Crippen LogP contribution in [0.4, 0.5) is 5.69 Å². The Labute approximate surface area is 151 Å². The van der Waals surface area contributed by atoms with E-state index < -0.39 is 0 Å². The summed E-state index contributed by atoms with van der Waals surface area (Å²) in [7, 11) is 0. The largest absolute Gasteiger partial charge is 0.454 e. The Hall–Kier alpha value is -3.02. The van der Waals surface area contributed by atoms with Gasteiger partial charge in [-0.25, -0.2) is 0 Å². The Morgan fingerprint density at radius 2 is 1.88 bits per heavy atom. The van der Waals surface area contributed by atoms with Crippen LogP contribution >= 0.6 is 0 Å². The second-order valence-corrected chi connectivity index (χ2v) is 6.56. The predicted molar refractivity (Wildman–Crippen MR) is 96.4 cm³/mol. The number of benzene rings is 2. The Kier molecular flexibility index (Phi) is 4.48. The number of anilines is 1. The van der Waals surface area contributed by atoms with Gasteiger partial charge in [0.15, 0.2) is 11.5 Å². The van der Waals surface area contributed by atoms with E-state index in [-0.39, 0.29) is 18.6 Å². The normalized spacial score (nSPS) is 14.8. The maximum atomic E-state index is 12.2. The average Bonchev–Trinajstić information content (AvgIpc) is 3.33. The van der Waals surface area contributed by atoms with Crippen molar-refractivity contribution in [1.29, 1.82) is 0 Å². The highest BCUT2D eigenvalue weighted by Crippen LogP contribution is 2.32. The molecule has 0 bridgehead atoms. The summed E-state index contributed by atoms with van der Waals surface area (Å²) >= 11 is 0. The lowest BCUT2D eigenvalue weighted by atomic mass is 10.1. The molecule has 0 aromatic heterocycles. The van der Waals surface area contributed by atoms with E-state index in [0.717, 1.165) is 29.9 Å². The number of rotatable bonds is 6. The van der Waals surface area contributed by atoms with Gasteiger partial charge in [-0.05, 0) is 55.2 Å². The molecule has 0 radical (unpaired) electrons. The van der Waals surface area contributed by atoms with Crippen LogP contribution in [0.1, 0.15) is 35.2 Å². The molecule has 2 aromatic rings. The minimum atomic E-state index is -0.0950. The summed E-state index contributed by atoms with van der Waals surface area (Å²) in [6.07, 6.45) is 3.03. The molecule has 4 rings (SSSR count). The van der Waals surface area contributed by atoms with Crippen molar-refractivity contribution in [3.05, 3.63) is 53.6 Å². The van der Waals surface area contributed by atoms with E-state index >= 15 is 0 Å². The minimum Gasteiger partial charge on any atom is -0.454 e. The zero-order valence-corrected chi connectivity index (χ0v) is 14.3. The van der Waals surface area contributed by atoms with Crippen molar-refractivity contribution in [3.8, 4) is 11.5 Å². The fourth-order valence-electron chi connectivity index (χ4n) is 2.81. The van der Waals surface area contributed by atoms with Crippen LogP contribution in [-0.4, -0.2) is 24.6 Å². The SMILES string of the molecule is O=C(CCc1ccc2c(c1)OCO2)Nc1cccc(C(=O)NC2CC2)c1. The van der Waals surface area contributed by atoms with Crippen molar-refractivity contribution in [3.63, 3.8) is 0 Å². The van der Waals surface area contributed by atoms with E-state index in [4.69, 9.17) is 9.47 Å². The van der Waals surface area contributed by atoms with Gasteiger partial charge in [-0.2, -0.15) is 0 Å². The molecule has 134 valence electrons. The molecule has 1 aliphatic heterocycles. The molecule has 2 amide bonds. The molecule has 1 saturated carbocycles. The molecule has 0 saturated heterocycles. The van der Waals surface area contributed by atoms with E-state index in [1.165, 1.54) is 0 Å². The first-order valence-corrected chi connectivity index (χ1v) is 8.77. The molecule has 6 heteroatoms. The number of hydrogen-bond donors (Lipinski definition) is 2. The molecule has 2 N–H and O–H groups in total.